The number of Topliss-reactive ketones (excluding diaryl/α,β-unsaturated/α-hetero) is 1. The number of hydrogen-bond donors (Lipinski definition) is 1. The van der Waals surface area contributed by atoms with Crippen molar-refractivity contribution in [2.75, 3.05) is 0 Å². The molecule has 1 N–H and O–H groups in total. The van der Waals surface area contributed by atoms with Crippen LogP contribution in [0.1, 0.15) is 22.8 Å². The van der Waals surface area contributed by atoms with Gasteiger partial charge in [0.1, 0.15) is 0 Å². The molecule has 1 aromatic carbocycles. The van der Waals surface area contributed by atoms with Crippen LogP contribution in [-0.4, -0.2) is 23.2 Å². The number of carbonyl (C=O) groups excluding carboxylic acids is 1. The molecule has 94 valence electrons. The van der Waals surface area contributed by atoms with E-state index in [9.17, 15) is 18.0 Å². The van der Waals surface area contributed by atoms with E-state index in [1.165, 1.54) is 12.1 Å². The summed E-state index contributed by atoms with van der Waals surface area (Å²) < 4.78 is 36.7. The van der Waals surface area contributed by atoms with Gasteiger partial charge in [0.05, 0.1) is 5.92 Å². The maximum Gasteiger partial charge on any atom is 0.415 e. The SMILES string of the molecule is Cc1ccc(C(=O)[C@H](C)[C@H](O)C(F)(F)F)cc1. The first-order chi connectivity index (χ1) is 7.73. The Balaban J connectivity index is 2.87. The van der Waals surface area contributed by atoms with Gasteiger partial charge in [-0.25, -0.2) is 0 Å². The van der Waals surface area contributed by atoms with Gasteiger partial charge in [-0.2, -0.15) is 13.2 Å². The van der Waals surface area contributed by atoms with Crippen molar-refractivity contribution in [3.8, 4) is 0 Å². The Labute approximate surface area is 97.1 Å². The molecule has 0 spiro atoms. The van der Waals surface area contributed by atoms with Crippen LogP contribution in [-0.2, 0) is 0 Å². The van der Waals surface area contributed by atoms with Crippen LogP contribution < -0.4 is 0 Å². The Hall–Kier alpha value is -1.36. The number of ketones is 1. The monoisotopic (exact) mass is 246 g/mol. The molecule has 0 fully saturated rings. The fraction of sp³-hybridized carbons (Fsp3) is 0.417. The van der Waals surface area contributed by atoms with Gasteiger partial charge >= 0.3 is 6.18 Å². The van der Waals surface area contributed by atoms with Gasteiger partial charge < -0.3 is 5.11 Å². The van der Waals surface area contributed by atoms with E-state index in [0.717, 1.165) is 12.5 Å². The van der Waals surface area contributed by atoms with E-state index in [2.05, 4.69) is 0 Å². The lowest BCUT2D eigenvalue weighted by molar-refractivity contribution is -0.212. The molecule has 0 aliphatic carbocycles. The average molecular weight is 246 g/mol. The van der Waals surface area contributed by atoms with Gasteiger partial charge in [-0.3, -0.25) is 4.79 Å². The zero-order chi connectivity index (χ0) is 13.2. The van der Waals surface area contributed by atoms with Gasteiger partial charge in [0.2, 0.25) is 0 Å². The van der Waals surface area contributed by atoms with Gasteiger partial charge in [0.25, 0.3) is 0 Å². The summed E-state index contributed by atoms with van der Waals surface area (Å²) in [5, 5.41) is 8.99. The summed E-state index contributed by atoms with van der Waals surface area (Å²) in [6, 6.07) is 6.19. The molecule has 2 atom stereocenters. The fourth-order valence-corrected chi connectivity index (χ4v) is 1.41. The standard InChI is InChI=1S/C12H13F3O2/c1-7-3-5-9(6-4-7)10(16)8(2)11(17)12(13,14)15/h3-6,8,11,17H,1-2H3/t8-,11-/m0/s1. The fourth-order valence-electron chi connectivity index (χ4n) is 1.41. The van der Waals surface area contributed by atoms with Crippen molar-refractivity contribution >= 4 is 5.78 Å². The molecule has 0 unspecified atom stereocenters. The van der Waals surface area contributed by atoms with Crippen molar-refractivity contribution in [2.24, 2.45) is 5.92 Å². The molecular weight excluding hydrogens is 233 g/mol. The van der Waals surface area contributed by atoms with E-state index in [0.29, 0.717) is 0 Å². The van der Waals surface area contributed by atoms with Crippen LogP contribution in [0.15, 0.2) is 24.3 Å². The summed E-state index contributed by atoms with van der Waals surface area (Å²) in [5.74, 6) is -2.22. The van der Waals surface area contributed by atoms with Crippen LogP contribution in [0.2, 0.25) is 0 Å². The van der Waals surface area contributed by atoms with Crippen molar-refractivity contribution in [1.29, 1.82) is 0 Å². The van der Waals surface area contributed by atoms with Gasteiger partial charge in [0.15, 0.2) is 11.9 Å². The predicted octanol–water partition coefficient (Wildman–Crippen LogP) is 2.74. The lowest BCUT2D eigenvalue weighted by Crippen LogP contribution is -2.38. The van der Waals surface area contributed by atoms with Gasteiger partial charge in [0, 0.05) is 5.56 Å². The minimum Gasteiger partial charge on any atom is -0.383 e. The number of rotatable bonds is 3. The third kappa shape index (κ3) is 3.30. The number of aliphatic hydroxyl groups is 1. The van der Waals surface area contributed by atoms with Crippen molar-refractivity contribution in [3.05, 3.63) is 35.4 Å². The molecule has 0 bridgehead atoms. The molecule has 0 aliphatic heterocycles. The topological polar surface area (TPSA) is 37.3 Å². The molecule has 1 rings (SSSR count). The molecule has 5 heteroatoms. The molecule has 0 aromatic heterocycles. The van der Waals surface area contributed by atoms with Gasteiger partial charge in [-0.05, 0) is 6.92 Å². The van der Waals surface area contributed by atoms with Gasteiger partial charge in [-0.15, -0.1) is 0 Å². The molecule has 0 amide bonds. The zero-order valence-corrected chi connectivity index (χ0v) is 9.45. The lowest BCUT2D eigenvalue weighted by Gasteiger charge is -2.20. The summed E-state index contributed by atoms with van der Waals surface area (Å²) in [6.45, 7) is 2.88. The van der Waals surface area contributed by atoms with Crippen LogP contribution in [0.5, 0.6) is 0 Å². The molecule has 0 saturated heterocycles. The Morgan fingerprint density at radius 3 is 2.12 bits per heavy atom. The number of aryl methyl sites for hydroxylation is 1. The third-order valence-corrected chi connectivity index (χ3v) is 2.56. The highest BCUT2D eigenvalue weighted by atomic mass is 19.4. The average Bonchev–Trinajstić information content (AvgIpc) is 2.26. The number of halogens is 3. The molecule has 0 aliphatic rings. The summed E-state index contributed by atoms with van der Waals surface area (Å²) in [4.78, 5) is 11.7. The van der Waals surface area contributed by atoms with Crippen LogP contribution in [0, 0.1) is 12.8 Å². The van der Waals surface area contributed by atoms with Gasteiger partial charge in [-0.1, -0.05) is 36.8 Å². The number of aliphatic hydroxyl groups excluding tert-OH is 1. The molecule has 0 heterocycles. The number of alkyl halides is 3. The van der Waals surface area contributed by atoms with Crippen LogP contribution in [0.3, 0.4) is 0 Å². The van der Waals surface area contributed by atoms with E-state index >= 15 is 0 Å². The van der Waals surface area contributed by atoms with Crippen LogP contribution in [0.4, 0.5) is 13.2 Å². The summed E-state index contributed by atoms with van der Waals surface area (Å²) in [7, 11) is 0. The first-order valence-corrected chi connectivity index (χ1v) is 5.09. The van der Waals surface area contributed by atoms with Crippen molar-refractivity contribution in [3.63, 3.8) is 0 Å². The summed E-state index contributed by atoms with van der Waals surface area (Å²) in [5.41, 5.74) is 1.08. The highest BCUT2D eigenvalue weighted by Gasteiger charge is 2.44. The first-order valence-electron chi connectivity index (χ1n) is 5.09. The minimum atomic E-state index is -4.78. The molecule has 2 nitrogen and oxygen atoms in total. The third-order valence-electron chi connectivity index (χ3n) is 2.56. The van der Waals surface area contributed by atoms with Crippen LogP contribution >= 0.6 is 0 Å². The first kappa shape index (κ1) is 13.7. The maximum atomic E-state index is 12.2. The number of benzene rings is 1. The van der Waals surface area contributed by atoms with Crippen molar-refractivity contribution < 1.29 is 23.1 Å². The second-order valence-corrected chi connectivity index (χ2v) is 4.01. The predicted molar refractivity (Wildman–Crippen MR) is 56.7 cm³/mol. The Morgan fingerprint density at radius 1 is 1.24 bits per heavy atom. The molecular formula is C12H13F3O2. The second kappa shape index (κ2) is 4.87. The Morgan fingerprint density at radius 2 is 1.71 bits per heavy atom. The summed E-state index contributed by atoms with van der Waals surface area (Å²) >= 11 is 0. The molecule has 17 heavy (non-hydrogen) atoms. The highest BCUT2D eigenvalue weighted by Crippen LogP contribution is 2.27. The smallest absolute Gasteiger partial charge is 0.383 e. The zero-order valence-electron chi connectivity index (χ0n) is 9.45. The summed E-state index contributed by atoms with van der Waals surface area (Å²) in [6.07, 6.45) is -7.41. The van der Waals surface area contributed by atoms with E-state index in [1.807, 2.05) is 6.92 Å². The van der Waals surface area contributed by atoms with E-state index < -0.39 is 24.0 Å². The quantitative estimate of drug-likeness (QED) is 0.832. The number of carbonyl (C=O) groups is 1. The second-order valence-electron chi connectivity index (χ2n) is 4.01. The van der Waals surface area contributed by atoms with E-state index in [-0.39, 0.29) is 5.56 Å². The van der Waals surface area contributed by atoms with Crippen molar-refractivity contribution in [1.82, 2.24) is 0 Å². The van der Waals surface area contributed by atoms with E-state index in [4.69, 9.17) is 5.11 Å². The minimum absolute atomic E-state index is 0.173. The van der Waals surface area contributed by atoms with Crippen LogP contribution in [0.25, 0.3) is 0 Å². The molecule has 0 radical (unpaired) electrons. The normalized spacial score (nSPS) is 15.4. The number of hydrogen-bond acceptors (Lipinski definition) is 2. The maximum absolute atomic E-state index is 12.2. The largest absolute Gasteiger partial charge is 0.415 e. The van der Waals surface area contributed by atoms with Crippen molar-refractivity contribution in [2.45, 2.75) is 26.1 Å². The Bertz CT molecular complexity index is 395. The highest BCUT2D eigenvalue weighted by molar-refractivity contribution is 5.98. The lowest BCUT2D eigenvalue weighted by atomic mass is 9.93. The van der Waals surface area contributed by atoms with E-state index in [1.54, 1.807) is 12.1 Å². The molecule has 0 saturated carbocycles. The molecule has 1 aromatic rings. The Kier molecular flexibility index (Phi) is 3.93.